The number of hydrogen-bond acceptors (Lipinski definition) is 2. The third-order valence-corrected chi connectivity index (χ3v) is 2.94. The van der Waals surface area contributed by atoms with E-state index in [-0.39, 0.29) is 0 Å². The summed E-state index contributed by atoms with van der Waals surface area (Å²) < 4.78 is 0. The molecule has 1 aromatic carbocycles. The van der Waals surface area contributed by atoms with E-state index in [1.54, 1.807) is 6.08 Å². The van der Waals surface area contributed by atoms with Gasteiger partial charge in [-0.1, -0.05) is 37.7 Å². The second-order valence-electron chi connectivity index (χ2n) is 4.87. The van der Waals surface area contributed by atoms with Gasteiger partial charge in [0, 0.05) is 17.5 Å². The van der Waals surface area contributed by atoms with Crippen molar-refractivity contribution in [3.8, 4) is 11.5 Å². The summed E-state index contributed by atoms with van der Waals surface area (Å²) in [6.45, 7) is 6.66. The zero-order valence-electron chi connectivity index (χ0n) is 10.5. The van der Waals surface area contributed by atoms with E-state index >= 15 is 0 Å². The number of nitrogens with two attached hydrogens (primary N) is 1. The molecule has 0 aromatic heterocycles. The number of nitrogens with one attached hydrogen (secondary N) is 1. The van der Waals surface area contributed by atoms with Crippen LogP contribution in [-0.2, 0) is 0 Å². The molecule has 3 heteroatoms. The van der Waals surface area contributed by atoms with Crippen molar-refractivity contribution in [1.29, 1.82) is 5.41 Å². The van der Waals surface area contributed by atoms with E-state index in [0.29, 0.717) is 5.70 Å². The molecule has 88 valence electrons. The quantitative estimate of drug-likeness (QED) is 0.467. The maximum absolute atomic E-state index is 6.96. The summed E-state index contributed by atoms with van der Waals surface area (Å²) in [4.78, 5) is 0. The summed E-state index contributed by atoms with van der Waals surface area (Å²) in [5, 5.41) is 6.96. The van der Waals surface area contributed by atoms with Gasteiger partial charge in [0.25, 0.3) is 0 Å². The van der Waals surface area contributed by atoms with Gasteiger partial charge < -0.3 is 11.1 Å². The van der Waals surface area contributed by atoms with Crippen molar-refractivity contribution < 1.29 is 0 Å². The first kappa shape index (κ1) is 13.3. The van der Waals surface area contributed by atoms with E-state index in [0.717, 1.165) is 11.1 Å². The van der Waals surface area contributed by atoms with Gasteiger partial charge in [-0.2, -0.15) is 0 Å². The van der Waals surface area contributed by atoms with Crippen LogP contribution in [0.25, 0.3) is 5.70 Å². The van der Waals surface area contributed by atoms with Crippen molar-refractivity contribution >= 4 is 20.0 Å². The van der Waals surface area contributed by atoms with E-state index in [1.165, 1.54) is 6.21 Å². The minimum Gasteiger partial charge on any atom is -0.398 e. The van der Waals surface area contributed by atoms with Gasteiger partial charge in [-0.05, 0) is 23.8 Å². The van der Waals surface area contributed by atoms with Gasteiger partial charge in [0.2, 0.25) is 0 Å². The van der Waals surface area contributed by atoms with Gasteiger partial charge in [-0.25, -0.2) is 0 Å². The second-order valence-corrected chi connectivity index (χ2v) is 9.62. The zero-order valence-corrected chi connectivity index (χ0v) is 11.5. The molecule has 0 unspecified atom stereocenters. The smallest absolute Gasteiger partial charge is 0.129 e. The lowest BCUT2D eigenvalue weighted by Crippen LogP contribution is -2.16. The highest BCUT2D eigenvalue weighted by atomic mass is 28.3. The SMILES string of the molecule is C[Si](C)(C)C#Cc1ccc(/C(N)=C/C=N)cc1. The minimum atomic E-state index is -1.32. The first-order valence-corrected chi connectivity index (χ1v) is 9.02. The van der Waals surface area contributed by atoms with Crippen LogP contribution in [0, 0.1) is 16.9 Å². The Morgan fingerprint density at radius 3 is 2.29 bits per heavy atom. The Morgan fingerprint density at radius 2 is 1.82 bits per heavy atom. The van der Waals surface area contributed by atoms with Crippen LogP contribution in [0.1, 0.15) is 11.1 Å². The fourth-order valence-electron chi connectivity index (χ4n) is 1.19. The third kappa shape index (κ3) is 4.71. The van der Waals surface area contributed by atoms with Crippen LogP contribution in [0.3, 0.4) is 0 Å². The number of rotatable bonds is 2. The van der Waals surface area contributed by atoms with Crippen LogP contribution in [0.4, 0.5) is 0 Å². The van der Waals surface area contributed by atoms with Crippen LogP contribution in [0.2, 0.25) is 19.6 Å². The Bertz CT molecular complexity index is 482. The summed E-state index contributed by atoms with van der Waals surface area (Å²) in [7, 11) is -1.32. The highest BCUT2D eigenvalue weighted by molar-refractivity contribution is 6.83. The van der Waals surface area contributed by atoms with Crippen molar-refractivity contribution in [2.24, 2.45) is 5.73 Å². The molecule has 0 aliphatic rings. The average Bonchev–Trinajstić information content (AvgIpc) is 2.26. The predicted octanol–water partition coefficient (Wildman–Crippen LogP) is 2.86. The summed E-state index contributed by atoms with van der Waals surface area (Å²) in [5.41, 5.74) is 11.6. The molecule has 1 aromatic rings. The van der Waals surface area contributed by atoms with Crippen LogP contribution in [0.15, 0.2) is 30.3 Å². The Labute approximate surface area is 104 Å². The van der Waals surface area contributed by atoms with E-state index in [2.05, 4.69) is 31.1 Å². The molecule has 0 fully saturated rings. The van der Waals surface area contributed by atoms with Gasteiger partial charge >= 0.3 is 0 Å². The normalized spacial score (nSPS) is 11.6. The van der Waals surface area contributed by atoms with E-state index < -0.39 is 8.07 Å². The molecule has 2 nitrogen and oxygen atoms in total. The summed E-state index contributed by atoms with van der Waals surface area (Å²) in [6, 6.07) is 7.80. The summed E-state index contributed by atoms with van der Waals surface area (Å²) in [5.74, 6) is 3.19. The van der Waals surface area contributed by atoms with Gasteiger partial charge in [0.05, 0.1) is 0 Å². The fourth-order valence-corrected chi connectivity index (χ4v) is 1.71. The zero-order chi connectivity index (χ0) is 12.9. The molecule has 0 saturated carbocycles. The van der Waals surface area contributed by atoms with Crippen molar-refractivity contribution in [2.45, 2.75) is 19.6 Å². The monoisotopic (exact) mass is 242 g/mol. The molecule has 0 amide bonds. The lowest BCUT2D eigenvalue weighted by Gasteiger charge is -2.04. The van der Waals surface area contributed by atoms with Gasteiger partial charge in [0.1, 0.15) is 8.07 Å². The number of benzene rings is 1. The largest absolute Gasteiger partial charge is 0.398 e. The molecule has 1 rings (SSSR count). The summed E-state index contributed by atoms with van der Waals surface area (Å²) in [6.07, 6.45) is 2.76. The number of hydrogen-bond donors (Lipinski definition) is 2. The molecule has 0 atom stereocenters. The van der Waals surface area contributed by atoms with E-state index in [9.17, 15) is 0 Å². The highest BCUT2D eigenvalue weighted by Gasteiger charge is 2.07. The van der Waals surface area contributed by atoms with Crippen LogP contribution >= 0.6 is 0 Å². The van der Waals surface area contributed by atoms with Gasteiger partial charge in [-0.15, -0.1) is 5.54 Å². The van der Waals surface area contributed by atoms with Crippen LogP contribution in [-0.4, -0.2) is 14.3 Å². The molecule has 0 saturated heterocycles. The molecule has 0 aliphatic carbocycles. The lowest BCUT2D eigenvalue weighted by molar-refractivity contribution is 1.50. The number of allylic oxidation sites excluding steroid dienone is 1. The Hall–Kier alpha value is -1.79. The first-order chi connectivity index (χ1) is 7.92. The Morgan fingerprint density at radius 1 is 1.24 bits per heavy atom. The molecule has 0 spiro atoms. The van der Waals surface area contributed by atoms with Gasteiger partial charge in [0.15, 0.2) is 0 Å². The fraction of sp³-hybridized carbons (Fsp3) is 0.214. The van der Waals surface area contributed by atoms with Gasteiger partial charge in [-0.3, -0.25) is 0 Å². The molecular weight excluding hydrogens is 224 g/mol. The van der Waals surface area contributed by atoms with Crippen molar-refractivity contribution in [1.82, 2.24) is 0 Å². The molecule has 0 bridgehead atoms. The maximum atomic E-state index is 6.96. The average molecular weight is 242 g/mol. The van der Waals surface area contributed by atoms with Crippen LogP contribution in [0.5, 0.6) is 0 Å². The lowest BCUT2D eigenvalue weighted by atomic mass is 10.1. The Kier molecular flexibility index (Phi) is 4.30. The molecular formula is C14H18N2Si. The van der Waals surface area contributed by atoms with Crippen molar-refractivity contribution in [3.05, 3.63) is 41.5 Å². The minimum absolute atomic E-state index is 0.602. The van der Waals surface area contributed by atoms with E-state index in [4.69, 9.17) is 11.1 Å². The van der Waals surface area contributed by atoms with Crippen molar-refractivity contribution in [2.75, 3.05) is 0 Å². The summed E-state index contributed by atoms with van der Waals surface area (Å²) >= 11 is 0. The standard InChI is InChI=1S/C14H18N2Si/c1-17(2,3)11-9-12-4-6-13(7-5-12)14(16)8-10-15/h4-8,10,15H,16H2,1-3H3/b14-8-,15-10?. The maximum Gasteiger partial charge on any atom is 0.129 e. The van der Waals surface area contributed by atoms with Crippen molar-refractivity contribution in [3.63, 3.8) is 0 Å². The second kappa shape index (κ2) is 5.51. The third-order valence-electron chi connectivity index (χ3n) is 2.06. The highest BCUT2D eigenvalue weighted by Crippen LogP contribution is 2.09. The molecule has 0 radical (unpaired) electrons. The predicted molar refractivity (Wildman–Crippen MR) is 77.6 cm³/mol. The first-order valence-electron chi connectivity index (χ1n) is 5.52. The van der Waals surface area contributed by atoms with E-state index in [1.807, 2.05) is 24.3 Å². The molecule has 3 N–H and O–H groups in total. The molecule has 0 aliphatic heterocycles. The Balaban J connectivity index is 2.92. The van der Waals surface area contributed by atoms with Crippen LogP contribution < -0.4 is 5.73 Å². The molecule has 0 heterocycles. The molecule has 17 heavy (non-hydrogen) atoms. The topological polar surface area (TPSA) is 49.9 Å².